The average molecular weight is 348 g/mol. The van der Waals surface area contributed by atoms with Crippen molar-refractivity contribution in [3.63, 3.8) is 0 Å². The molecule has 0 fully saturated rings. The van der Waals surface area contributed by atoms with Crippen molar-refractivity contribution >= 4 is 48.9 Å². The third kappa shape index (κ3) is 3.93. The first-order chi connectivity index (χ1) is 9.78. The molecule has 1 atom stereocenters. The topological polar surface area (TPSA) is 140 Å². The summed E-state index contributed by atoms with van der Waals surface area (Å²) in [6.07, 6.45) is 0. The van der Waals surface area contributed by atoms with Gasteiger partial charge in [0.05, 0.1) is 5.69 Å². The number of carbonyl (C=O) groups excluding carboxylic acids is 1. The van der Waals surface area contributed by atoms with Crippen molar-refractivity contribution < 1.29 is 13.2 Å². The fourth-order valence-electron chi connectivity index (χ4n) is 1.22. The van der Waals surface area contributed by atoms with E-state index in [2.05, 4.69) is 25.2 Å². The van der Waals surface area contributed by atoms with Crippen LogP contribution in [0.25, 0.3) is 0 Å². The van der Waals surface area contributed by atoms with E-state index in [9.17, 15) is 13.2 Å². The molecule has 0 radical (unpaired) electrons. The summed E-state index contributed by atoms with van der Waals surface area (Å²) in [4.78, 5) is 14.9. The first-order valence-electron chi connectivity index (χ1n) is 5.63. The number of amides is 1. The summed E-state index contributed by atoms with van der Waals surface area (Å²) in [6, 6.07) is -0.285. The molecule has 0 aliphatic rings. The highest BCUT2D eigenvalue weighted by Gasteiger charge is 2.22. The highest BCUT2D eigenvalue weighted by molar-refractivity contribution is 7.94. The Morgan fingerprint density at radius 3 is 2.67 bits per heavy atom. The van der Waals surface area contributed by atoms with E-state index in [4.69, 9.17) is 5.73 Å². The number of nitrogens with one attached hydrogen (secondary N) is 2. The van der Waals surface area contributed by atoms with E-state index in [0.29, 0.717) is 5.69 Å². The van der Waals surface area contributed by atoms with E-state index in [1.165, 1.54) is 6.92 Å². The maximum Gasteiger partial charge on any atom is 0.293 e. The minimum Gasteiger partial charge on any atom is -0.323 e. The quantitative estimate of drug-likeness (QED) is 0.678. The van der Waals surface area contributed by atoms with Gasteiger partial charge in [0, 0.05) is 18.3 Å². The van der Waals surface area contributed by atoms with Crippen LogP contribution >= 0.6 is 22.7 Å². The second kappa shape index (κ2) is 6.01. The van der Waals surface area contributed by atoms with E-state index in [1.807, 2.05) is 0 Å². The van der Waals surface area contributed by atoms with Crippen LogP contribution in [0.3, 0.4) is 0 Å². The van der Waals surface area contributed by atoms with Gasteiger partial charge in [-0.1, -0.05) is 11.3 Å². The molecule has 114 valence electrons. The summed E-state index contributed by atoms with van der Waals surface area (Å²) in [7, 11) is -3.89. The molecular weight excluding hydrogens is 336 g/mol. The molecule has 21 heavy (non-hydrogen) atoms. The molecular formula is C9H12N6O3S3. The van der Waals surface area contributed by atoms with Crippen LogP contribution in [0, 0.1) is 0 Å². The first kappa shape index (κ1) is 15.8. The Morgan fingerprint density at radius 2 is 2.10 bits per heavy atom. The molecule has 1 amide bonds. The van der Waals surface area contributed by atoms with Crippen molar-refractivity contribution in [1.29, 1.82) is 0 Å². The number of hydrogen-bond acceptors (Lipinski definition) is 9. The molecule has 4 N–H and O–H groups in total. The van der Waals surface area contributed by atoms with Gasteiger partial charge >= 0.3 is 0 Å². The second-order valence-corrected chi connectivity index (χ2v) is 7.72. The molecule has 2 aromatic heterocycles. The minimum absolute atomic E-state index is 0.110. The Labute approximate surface area is 128 Å². The Balaban J connectivity index is 2.17. The van der Waals surface area contributed by atoms with Gasteiger partial charge in [0.2, 0.25) is 11.0 Å². The second-order valence-electron chi connectivity index (χ2n) is 4.03. The monoisotopic (exact) mass is 348 g/mol. The molecule has 0 saturated carbocycles. The van der Waals surface area contributed by atoms with Gasteiger partial charge in [-0.05, 0) is 6.92 Å². The van der Waals surface area contributed by atoms with Crippen LogP contribution in [0.1, 0.15) is 25.6 Å². The van der Waals surface area contributed by atoms with Crippen molar-refractivity contribution in [2.75, 3.05) is 10.0 Å². The lowest BCUT2D eigenvalue weighted by Crippen LogP contribution is -2.13. The lowest BCUT2D eigenvalue weighted by molar-refractivity contribution is -0.114. The number of nitrogens with two attached hydrogens (primary N) is 1. The van der Waals surface area contributed by atoms with Crippen LogP contribution in [0.4, 0.5) is 10.3 Å². The number of anilines is 2. The number of nitrogens with zero attached hydrogens (tertiary/aromatic N) is 3. The fourth-order valence-corrected chi connectivity index (χ4v) is 4.23. The van der Waals surface area contributed by atoms with Gasteiger partial charge in [-0.3, -0.25) is 9.52 Å². The summed E-state index contributed by atoms with van der Waals surface area (Å²) in [5.74, 6) is -0.357. The molecule has 1 unspecified atom stereocenters. The van der Waals surface area contributed by atoms with Crippen molar-refractivity contribution in [2.24, 2.45) is 5.73 Å². The van der Waals surface area contributed by atoms with Gasteiger partial charge < -0.3 is 11.1 Å². The summed E-state index contributed by atoms with van der Waals surface area (Å²) >= 11 is 1.87. The van der Waals surface area contributed by atoms with Crippen molar-refractivity contribution in [2.45, 2.75) is 24.2 Å². The molecule has 0 spiro atoms. The van der Waals surface area contributed by atoms with E-state index >= 15 is 0 Å². The Bertz CT molecular complexity index is 750. The van der Waals surface area contributed by atoms with E-state index in [0.717, 1.165) is 22.7 Å². The number of aromatic nitrogens is 3. The molecule has 0 aliphatic carbocycles. The number of sulfonamides is 1. The maximum atomic E-state index is 12.1. The number of carbonyl (C=O) groups is 1. The van der Waals surface area contributed by atoms with Crippen LogP contribution in [-0.4, -0.2) is 29.5 Å². The molecule has 0 aliphatic heterocycles. The van der Waals surface area contributed by atoms with Gasteiger partial charge in [0.15, 0.2) is 5.13 Å². The Kier molecular flexibility index (Phi) is 4.51. The third-order valence-corrected chi connectivity index (χ3v) is 5.58. The Morgan fingerprint density at radius 1 is 1.38 bits per heavy atom. The summed E-state index contributed by atoms with van der Waals surface area (Å²) in [6.45, 7) is 3.04. The average Bonchev–Trinajstić information content (AvgIpc) is 2.97. The Hall–Kier alpha value is -1.63. The smallest absolute Gasteiger partial charge is 0.293 e. The SMILES string of the molecule is CC(=O)Nc1nnc(S(=O)(=O)Nc2nc(C(C)N)cs2)s1. The zero-order chi connectivity index (χ0) is 15.6. The van der Waals surface area contributed by atoms with E-state index in [1.54, 1.807) is 12.3 Å². The molecule has 9 nitrogen and oxygen atoms in total. The summed E-state index contributed by atoms with van der Waals surface area (Å²) in [5.41, 5.74) is 6.25. The van der Waals surface area contributed by atoms with Gasteiger partial charge in [-0.15, -0.1) is 21.5 Å². The first-order valence-corrected chi connectivity index (χ1v) is 8.81. The van der Waals surface area contributed by atoms with Crippen molar-refractivity contribution in [1.82, 2.24) is 15.2 Å². The molecule has 0 aromatic carbocycles. The van der Waals surface area contributed by atoms with Crippen LogP contribution in [-0.2, 0) is 14.8 Å². The third-order valence-electron chi connectivity index (χ3n) is 2.13. The molecule has 0 saturated heterocycles. The van der Waals surface area contributed by atoms with Crippen molar-refractivity contribution in [3.8, 4) is 0 Å². The fraction of sp³-hybridized carbons (Fsp3) is 0.333. The van der Waals surface area contributed by atoms with Gasteiger partial charge in [-0.25, -0.2) is 4.98 Å². The van der Waals surface area contributed by atoms with Crippen LogP contribution < -0.4 is 15.8 Å². The predicted molar refractivity (Wildman–Crippen MR) is 79.7 cm³/mol. The largest absolute Gasteiger partial charge is 0.323 e. The number of thiazole rings is 1. The van der Waals surface area contributed by atoms with Crippen LogP contribution in [0.5, 0.6) is 0 Å². The highest BCUT2D eigenvalue weighted by Crippen LogP contribution is 2.25. The van der Waals surface area contributed by atoms with Crippen LogP contribution in [0.2, 0.25) is 0 Å². The maximum absolute atomic E-state index is 12.1. The number of rotatable bonds is 5. The lowest BCUT2D eigenvalue weighted by Gasteiger charge is -2.01. The number of hydrogen-bond donors (Lipinski definition) is 3. The minimum atomic E-state index is -3.89. The molecule has 12 heteroatoms. The zero-order valence-corrected chi connectivity index (χ0v) is 13.5. The molecule has 2 heterocycles. The van der Waals surface area contributed by atoms with Crippen LogP contribution in [0.15, 0.2) is 9.72 Å². The predicted octanol–water partition coefficient (Wildman–Crippen LogP) is 0.773. The van der Waals surface area contributed by atoms with Gasteiger partial charge in [0.25, 0.3) is 14.4 Å². The summed E-state index contributed by atoms with van der Waals surface area (Å²) < 4.78 is 26.2. The molecule has 2 rings (SSSR count). The highest BCUT2D eigenvalue weighted by atomic mass is 32.2. The van der Waals surface area contributed by atoms with Crippen molar-refractivity contribution in [3.05, 3.63) is 11.1 Å². The molecule has 0 bridgehead atoms. The van der Waals surface area contributed by atoms with E-state index in [-0.39, 0.29) is 26.6 Å². The molecule has 2 aromatic rings. The van der Waals surface area contributed by atoms with Gasteiger partial charge in [0.1, 0.15) is 0 Å². The lowest BCUT2D eigenvalue weighted by atomic mass is 10.3. The normalized spacial score (nSPS) is 12.9. The summed E-state index contributed by atoms with van der Waals surface area (Å²) in [5, 5.41) is 11.5. The zero-order valence-electron chi connectivity index (χ0n) is 11.0. The van der Waals surface area contributed by atoms with Gasteiger partial charge in [-0.2, -0.15) is 8.42 Å². The standard InChI is InChI=1S/C9H12N6O3S3/c1-4(10)6-3-19-8(12-6)15-21(17,18)9-14-13-7(20-9)11-5(2)16/h3-4H,10H2,1-2H3,(H,12,15)(H,11,13,16). The van der Waals surface area contributed by atoms with E-state index < -0.39 is 10.0 Å².